The van der Waals surface area contributed by atoms with Crippen LogP contribution < -0.4 is 0 Å². The van der Waals surface area contributed by atoms with Gasteiger partial charge in [0.1, 0.15) is 17.6 Å². The van der Waals surface area contributed by atoms with Crippen LogP contribution in [0.4, 0.5) is 22.0 Å². The molecule has 0 aromatic carbocycles. The number of rotatable bonds is 2. The van der Waals surface area contributed by atoms with Crippen LogP contribution in [0.5, 0.6) is 0 Å². The van der Waals surface area contributed by atoms with E-state index in [0.717, 1.165) is 4.68 Å². The fourth-order valence-corrected chi connectivity index (χ4v) is 2.24. The molecule has 0 amide bonds. The number of hydrogen-bond donors (Lipinski definition) is 0. The maximum Gasteiger partial charge on any atom is 0.289 e. The van der Waals surface area contributed by atoms with Crippen LogP contribution in [-0.4, -0.2) is 9.78 Å². The normalized spacial score (nSPS) is 22.6. The first-order valence-electron chi connectivity index (χ1n) is 5.68. The molecule has 18 heavy (non-hydrogen) atoms. The molecule has 0 fully saturated rings. The number of hydrogen-bond acceptors (Lipinski definition) is 1. The van der Waals surface area contributed by atoms with Crippen molar-refractivity contribution in [3.05, 3.63) is 17.0 Å². The Bertz CT molecular complexity index is 453. The highest BCUT2D eigenvalue weighted by molar-refractivity contribution is 5.35. The number of alkyl halides is 5. The molecule has 1 unspecified atom stereocenters. The molecule has 0 saturated heterocycles. The summed E-state index contributed by atoms with van der Waals surface area (Å²) in [5, 5.41) is 3.48. The largest absolute Gasteiger partial charge is 0.289 e. The van der Waals surface area contributed by atoms with Gasteiger partial charge in [-0.15, -0.1) is 0 Å². The molecule has 0 bridgehead atoms. The van der Waals surface area contributed by atoms with Crippen molar-refractivity contribution < 1.29 is 22.0 Å². The van der Waals surface area contributed by atoms with E-state index in [-0.39, 0.29) is 0 Å². The summed E-state index contributed by atoms with van der Waals surface area (Å²) in [6.45, 7) is 3.08. The van der Waals surface area contributed by atoms with Crippen molar-refractivity contribution in [2.75, 3.05) is 0 Å². The summed E-state index contributed by atoms with van der Waals surface area (Å²) < 4.78 is 67.6. The first-order valence-corrected chi connectivity index (χ1v) is 5.68. The third-order valence-electron chi connectivity index (χ3n) is 3.04. The van der Waals surface area contributed by atoms with Crippen LogP contribution in [0.1, 0.15) is 62.3 Å². The van der Waals surface area contributed by atoms with E-state index >= 15 is 0 Å². The smallest absolute Gasteiger partial charge is 0.260 e. The summed E-state index contributed by atoms with van der Waals surface area (Å²) in [5.74, 6) is -3.30. The van der Waals surface area contributed by atoms with Crippen molar-refractivity contribution in [2.24, 2.45) is 0 Å². The number of nitrogens with zero attached hydrogens (tertiary/aromatic N) is 2. The second-order valence-electron chi connectivity index (χ2n) is 4.70. The Hall–Kier alpha value is -1.14. The fraction of sp³-hybridized carbons (Fsp3) is 0.727. The molecule has 1 aromatic heterocycles. The monoisotopic (exact) mass is 268 g/mol. The van der Waals surface area contributed by atoms with Crippen LogP contribution in [-0.2, 0) is 5.92 Å². The minimum absolute atomic E-state index is 0.455. The number of aromatic nitrogens is 2. The van der Waals surface area contributed by atoms with Crippen LogP contribution in [0.2, 0.25) is 0 Å². The van der Waals surface area contributed by atoms with Crippen LogP contribution in [0, 0.1) is 0 Å². The van der Waals surface area contributed by atoms with Crippen LogP contribution in [0.25, 0.3) is 0 Å². The van der Waals surface area contributed by atoms with Gasteiger partial charge in [0.05, 0.1) is 0 Å². The van der Waals surface area contributed by atoms with E-state index in [4.69, 9.17) is 0 Å². The molecule has 1 aliphatic carbocycles. The van der Waals surface area contributed by atoms with E-state index in [0.29, 0.717) is 0 Å². The third kappa shape index (κ3) is 1.89. The Morgan fingerprint density at radius 3 is 2.44 bits per heavy atom. The SMILES string of the molecule is CC(C)n1nc(C(F)F)c2c1C(F)(F)CCC2F. The lowest BCUT2D eigenvalue weighted by Gasteiger charge is -2.27. The fourth-order valence-electron chi connectivity index (χ4n) is 2.24. The maximum absolute atomic E-state index is 13.8. The zero-order valence-corrected chi connectivity index (χ0v) is 9.93. The quantitative estimate of drug-likeness (QED) is 0.731. The molecule has 1 heterocycles. The molecule has 0 radical (unpaired) electrons. The van der Waals surface area contributed by atoms with Gasteiger partial charge in [-0.05, 0) is 20.3 Å². The highest BCUT2D eigenvalue weighted by atomic mass is 19.3. The van der Waals surface area contributed by atoms with Gasteiger partial charge >= 0.3 is 0 Å². The minimum Gasteiger partial charge on any atom is -0.260 e. The molecule has 2 nitrogen and oxygen atoms in total. The summed E-state index contributed by atoms with van der Waals surface area (Å²) in [5.41, 5.74) is -2.16. The maximum atomic E-state index is 13.8. The highest BCUT2D eigenvalue weighted by Gasteiger charge is 2.47. The van der Waals surface area contributed by atoms with Crippen molar-refractivity contribution in [2.45, 2.75) is 51.3 Å². The summed E-state index contributed by atoms with van der Waals surface area (Å²) >= 11 is 0. The van der Waals surface area contributed by atoms with Crippen molar-refractivity contribution in [3.8, 4) is 0 Å². The van der Waals surface area contributed by atoms with Crippen molar-refractivity contribution in [1.29, 1.82) is 0 Å². The Balaban J connectivity index is 2.70. The molecule has 0 saturated carbocycles. The second-order valence-corrected chi connectivity index (χ2v) is 4.70. The Kier molecular flexibility index (Phi) is 3.11. The van der Waals surface area contributed by atoms with Gasteiger partial charge in [0.2, 0.25) is 0 Å². The van der Waals surface area contributed by atoms with Crippen LogP contribution in [0.3, 0.4) is 0 Å². The van der Waals surface area contributed by atoms with E-state index in [9.17, 15) is 22.0 Å². The first kappa shape index (κ1) is 13.3. The lowest BCUT2D eigenvalue weighted by molar-refractivity contribution is -0.0419. The summed E-state index contributed by atoms with van der Waals surface area (Å²) in [4.78, 5) is 0. The zero-order valence-electron chi connectivity index (χ0n) is 9.93. The standard InChI is InChI=1S/C11H13F5N2/c1-5(2)18-9-7(8(17-18)10(13)14)6(12)3-4-11(9,15)16/h5-6,10H,3-4H2,1-2H3. The molecule has 1 atom stereocenters. The van der Waals surface area contributed by atoms with E-state index in [1.54, 1.807) is 13.8 Å². The van der Waals surface area contributed by atoms with Gasteiger partial charge in [-0.25, -0.2) is 13.2 Å². The van der Waals surface area contributed by atoms with Crippen molar-refractivity contribution >= 4 is 0 Å². The molecular weight excluding hydrogens is 255 g/mol. The lowest BCUT2D eigenvalue weighted by Crippen LogP contribution is -2.26. The summed E-state index contributed by atoms with van der Waals surface area (Å²) in [7, 11) is 0. The summed E-state index contributed by atoms with van der Waals surface area (Å²) in [6, 6.07) is -0.526. The van der Waals surface area contributed by atoms with Gasteiger partial charge in [-0.1, -0.05) is 0 Å². The van der Waals surface area contributed by atoms with Crippen molar-refractivity contribution in [1.82, 2.24) is 9.78 Å². The summed E-state index contributed by atoms with van der Waals surface area (Å²) in [6.07, 6.45) is -5.98. The zero-order chi connectivity index (χ0) is 13.7. The van der Waals surface area contributed by atoms with Crippen LogP contribution >= 0.6 is 0 Å². The van der Waals surface area contributed by atoms with Crippen LogP contribution in [0.15, 0.2) is 0 Å². The van der Waals surface area contributed by atoms with Gasteiger partial charge in [0.15, 0.2) is 0 Å². The molecule has 2 rings (SSSR count). The second kappa shape index (κ2) is 4.20. The Morgan fingerprint density at radius 1 is 1.33 bits per heavy atom. The molecule has 7 heteroatoms. The van der Waals surface area contributed by atoms with E-state index < -0.39 is 54.4 Å². The van der Waals surface area contributed by atoms with E-state index in [1.807, 2.05) is 0 Å². The topological polar surface area (TPSA) is 17.8 Å². The van der Waals surface area contributed by atoms with Crippen molar-refractivity contribution in [3.63, 3.8) is 0 Å². The van der Waals surface area contributed by atoms with Gasteiger partial charge < -0.3 is 0 Å². The highest BCUT2D eigenvalue weighted by Crippen LogP contribution is 2.49. The predicted molar refractivity (Wildman–Crippen MR) is 54.5 cm³/mol. The molecule has 0 aliphatic heterocycles. The molecule has 102 valence electrons. The third-order valence-corrected chi connectivity index (χ3v) is 3.04. The molecule has 0 spiro atoms. The average Bonchev–Trinajstić information content (AvgIpc) is 2.66. The molecule has 1 aromatic rings. The average molecular weight is 268 g/mol. The number of fused-ring (bicyclic) bond motifs is 1. The number of halogens is 5. The lowest BCUT2D eigenvalue weighted by atomic mass is 9.91. The minimum atomic E-state index is -3.30. The molecule has 0 N–H and O–H groups in total. The molecule has 1 aliphatic rings. The first-order chi connectivity index (χ1) is 8.25. The van der Waals surface area contributed by atoms with Gasteiger partial charge in [0.25, 0.3) is 12.3 Å². The van der Waals surface area contributed by atoms with E-state index in [2.05, 4.69) is 5.10 Å². The van der Waals surface area contributed by atoms with E-state index in [1.165, 1.54) is 0 Å². The predicted octanol–water partition coefficient (Wildman–Crippen LogP) is 4.30. The Labute approximate surface area is 101 Å². The van der Waals surface area contributed by atoms with Gasteiger partial charge in [-0.3, -0.25) is 4.68 Å². The molecular formula is C11H13F5N2. The van der Waals surface area contributed by atoms with Gasteiger partial charge in [-0.2, -0.15) is 13.9 Å². The Morgan fingerprint density at radius 2 is 1.94 bits per heavy atom. The van der Waals surface area contributed by atoms with Gasteiger partial charge in [0, 0.05) is 18.0 Å².